The van der Waals surface area contributed by atoms with E-state index in [1.54, 1.807) is 12.1 Å². The van der Waals surface area contributed by atoms with Crippen LogP contribution in [0.15, 0.2) is 45.9 Å². The maximum absolute atomic E-state index is 13.7. The van der Waals surface area contributed by atoms with Crippen LogP contribution in [0.1, 0.15) is 18.6 Å². The highest BCUT2D eigenvalue weighted by molar-refractivity contribution is 7.89. The fraction of sp³-hybridized carbons (Fsp3) is 0.333. The quantitative estimate of drug-likeness (QED) is 0.842. The minimum Gasteiger partial charge on any atom is -0.466 e. The number of nitrogens with one attached hydrogen (secondary N) is 1. The van der Waals surface area contributed by atoms with Crippen molar-refractivity contribution in [2.75, 3.05) is 6.54 Å². The zero-order chi connectivity index (χ0) is 16.7. The summed E-state index contributed by atoms with van der Waals surface area (Å²) in [7, 11) is -4.23. The number of sulfonamides is 1. The molecule has 2 N–H and O–H groups in total. The van der Waals surface area contributed by atoms with Gasteiger partial charge in [-0.1, -0.05) is 0 Å². The molecule has 1 aromatic carbocycles. The van der Waals surface area contributed by atoms with Crippen LogP contribution in [-0.2, 0) is 15.6 Å². The zero-order valence-corrected chi connectivity index (χ0v) is 12.8. The smallest absolute Gasteiger partial charge is 0.243 e. The Morgan fingerprint density at radius 2 is 2.04 bits per heavy atom. The van der Waals surface area contributed by atoms with Gasteiger partial charge in [0.15, 0.2) is 0 Å². The molecule has 1 atom stereocenters. The minimum atomic E-state index is -4.23. The number of hydrogen-bond acceptors (Lipinski definition) is 4. The first-order chi connectivity index (χ1) is 10.8. The van der Waals surface area contributed by atoms with E-state index in [4.69, 9.17) is 4.42 Å². The van der Waals surface area contributed by atoms with Crippen molar-refractivity contribution < 1.29 is 26.7 Å². The summed E-state index contributed by atoms with van der Waals surface area (Å²) in [5.74, 6) is -1.94. The summed E-state index contributed by atoms with van der Waals surface area (Å²) in [5.41, 5.74) is -1.49. The second-order valence-corrected chi connectivity index (χ2v) is 7.31. The van der Waals surface area contributed by atoms with Crippen LogP contribution in [0.5, 0.6) is 0 Å². The van der Waals surface area contributed by atoms with Crippen LogP contribution in [0.25, 0.3) is 0 Å². The first-order valence-electron chi connectivity index (χ1n) is 7.04. The van der Waals surface area contributed by atoms with Gasteiger partial charge in [0, 0.05) is 12.6 Å². The van der Waals surface area contributed by atoms with Gasteiger partial charge in [-0.3, -0.25) is 0 Å². The Bertz CT molecular complexity index is 803. The molecule has 8 heteroatoms. The molecule has 0 spiro atoms. The number of hydrogen-bond donors (Lipinski definition) is 2. The SMILES string of the molecule is O=S(=O)(NCC(O)(c1ccco1)C1CC1)c1ccc(F)cc1F. The lowest BCUT2D eigenvalue weighted by molar-refractivity contribution is -0.00225. The largest absolute Gasteiger partial charge is 0.466 e. The van der Waals surface area contributed by atoms with Crippen molar-refractivity contribution in [2.45, 2.75) is 23.3 Å². The van der Waals surface area contributed by atoms with Gasteiger partial charge < -0.3 is 9.52 Å². The van der Waals surface area contributed by atoms with Gasteiger partial charge in [0.05, 0.1) is 6.26 Å². The van der Waals surface area contributed by atoms with Crippen LogP contribution in [0.2, 0.25) is 0 Å². The van der Waals surface area contributed by atoms with Crippen molar-refractivity contribution in [3.05, 3.63) is 54.0 Å². The minimum absolute atomic E-state index is 0.130. The summed E-state index contributed by atoms with van der Waals surface area (Å²) in [5, 5.41) is 10.8. The highest BCUT2D eigenvalue weighted by Crippen LogP contribution is 2.45. The summed E-state index contributed by atoms with van der Waals surface area (Å²) in [6, 6.07) is 5.35. The van der Waals surface area contributed by atoms with Crippen LogP contribution >= 0.6 is 0 Å². The maximum Gasteiger partial charge on any atom is 0.243 e. The molecular formula is C15H15F2NO4S. The molecule has 1 aromatic heterocycles. The number of benzene rings is 1. The van der Waals surface area contributed by atoms with E-state index in [1.165, 1.54) is 6.26 Å². The average Bonchev–Trinajstić information content (AvgIpc) is 3.20. The summed E-state index contributed by atoms with van der Waals surface area (Å²) in [4.78, 5) is -0.670. The topological polar surface area (TPSA) is 79.5 Å². The van der Waals surface area contributed by atoms with Crippen molar-refractivity contribution in [3.8, 4) is 0 Å². The summed E-state index contributed by atoms with van der Waals surface area (Å²) in [6.07, 6.45) is 2.87. The third kappa shape index (κ3) is 3.15. The molecule has 0 aliphatic heterocycles. The normalized spacial score (nSPS) is 17.9. The Labute approximate surface area is 132 Å². The molecule has 0 radical (unpaired) electrons. The Morgan fingerprint density at radius 3 is 2.61 bits per heavy atom. The fourth-order valence-corrected chi connectivity index (χ4v) is 3.62. The van der Waals surface area contributed by atoms with E-state index in [2.05, 4.69) is 4.72 Å². The van der Waals surface area contributed by atoms with Gasteiger partial charge in [0.25, 0.3) is 0 Å². The standard InChI is InChI=1S/C15H15F2NO4S/c16-11-5-6-13(12(17)8-11)23(20,21)18-9-15(19,10-3-4-10)14-2-1-7-22-14/h1-2,5-8,10,18-19H,3-4,9H2. The molecule has 1 fully saturated rings. The van der Waals surface area contributed by atoms with Gasteiger partial charge >= 0.3 is 0 Å². The van der Waals surface area contributed by atoms with E-state index >= 15 is 0 Å². The van der Waals surface area contributed by atoms with Gasteiger partial charge in [0.2, 0.25) is 10.0 Å². The highest BCUT2D eigenvalue weighted by Gasteiger charge is 2.47. The molecule has 1 unspecified atom stereocenters. The second kappa shape index (κ2) is 5.70. The van der Waals surface area contributed by atoms with Crippen LogP contribution in [-0.4, -0.2) is 20.1 Å². The lowest BCUT2D eigenvalue weighted by Crippen LogP contribution is -2.42. The molecule has 0 bridgehead atoms. The van der Waals surface area contributed by atoms with E-state index in [9.17, 15) is 22.3 Å². The number of aliphatic hydroxyl groups is 1. The molecule has 1 aliphatic carbocycles. The van der Waals surface area contributed by atoms with E-state index in [0.29, 0.717) is 6.07 Å². The van der Waals surface area contributed by atoms with Crippen LogP contribution in [0.4, 0.5) is 8.78 Å². The molecular weight excluding hydrogens is 328 g/mol. The molecule has 0 amide bonds. The van der Waals surface area contributed by atoms with E-state index in [-0.39, 0.29) is 18.2 Å². The summed E-state index contributed by atoms with van der Waals surface area (Å²) in [6.45, 7) is -0.357. The Kier molecular flexibility index (Phi) is 3.99. The lowest BCUT2D eigenvalue weighted by atomic mass is 9.95. The van der Waals surface area contributed by atoms with Gasteiger partial charge in [-0.25, -0.2) is 21.9 Å². The predicted octanol–water partition coefficient (Wildman–Crippen LogP) is 2.13. The predicted molar refractivity (Wildman–Crippen MR) is 76.9 cm³/mol. The Balaban J connectivity index is 1.83. The zero-order valence-electron chi connectivity index (χ0n) is 12.0. The average molecular weight is 343 g/mol. The molecule has 5 nitrogen and oxygen atoms in total. The molecule has 1 heterocycles. The van der Waals surface area contributed by atoms with Gasteiger partial charge in [0.1, 0.15) is 27.9 Å². The third-order valence-corrected chi connectivity index (χ3v) is 5.35. The molecule has 23 heavy (non-hydrogen) atoms. The molecule has 3 rings (SSSR count). The maximum atomic E-state index is 13.7. The molecule has 0 saturated heterocycles. The molecule has 1 aliphatic rings. The summed E-state index contributed by atoms with van der Waals surface area (Å²) < 4.78 is 58.4. The Hall–Kier alpha value is -1.77. The molecule has 124 valence electrons. The second-order valence-electron chi connectivity index (χ2n) is 5.58. The van der Waals surface area contributed by atoms with Crippen molar-refractivity contribution in [2.24, 2.45) is 5.92 Å². The first-order valence-corrected chi connectivity index (χ1v) is 8.52. The highest BCUT2D eigenvalue weighted by atomic mass is 32.2. The molecule has 1 saturated carbocycles. The number of rotatable bonds is 6. The van der Waals surface area contributed by atoms with Crippen molar-refractivity contribution in [3.63, 3.8) is 0 Å². The van der Waals surface area contributed by atoms with Crippen LogP contribution in [0.3, 0.4) is 0 Å². The fourth-order valence-electron chi connectivity index (χ4n) is 2.49. The van der Waals surface area contributed by atoms with E-state index in [0.717, 1.165) is 25.0 Å². The first kappa shape index (κ1) is 16.1. The lowest BCUT2D eigenvalue weighted by Gasteiger charge is -2.26. The van der Waals surface area contributed by atoms with E-state index in [1.807, 2.05) is 0 Å². The van der Waals surface area contributed by atoms with Gasteiger partial charge in [-0.2, -0.15) is 0 Å². The number of halogens is 2. The molecule has 2 aromatic rings. The third-order valence-electron chi connectivity index (χ3n) is 3.92. The monoisotopic (exact) mass is 343 g/mol. The van der Waals surface area contributed by atoms with Crippen molar-refractivity contribution >= 4 is 10.0 Å². The number of furan rings is 1. The van der Waals surface area contributed by atoms with Gasteiger partial charge in [-0.05, 0) is 43.0 Å². The van der Waals surface area contributed by atoms with Crippen LogP contribution in [0, 0.1) is 17.6 Å². The van der Waals surface area contributed by atoms with E-state index < -0.39 is 32.2 Å². The van der Waals surface area contributed by atoms with Gasteiger partial charge in [-0.15, -0.1) is 0 Å². The van der Waals surface area contributed by atoms with Crippen molar-refractivity contribution in [1.29, 1.82) is 0 Å². The Morgan fingerprint density at radius 1 is 1.30 bits per heavy atom. The van der Waals surface area contributed by atoms with Crippen LogP contribution < -0.4 is 4.72 Å². The van der Waals surface area contributed by atoms with Crippen molar-refractivity contribution in [1.82, 2.24) is 4.72 Å². The summed E-state index contributed by atoms with van der Waals surface area (Å²) >= 11 is 0.